The van der Waals surface area contributed by atoms with E-state index in [1.807, 2.05) is 36.4 Å². The molecule has 0 saturated carbocycles. The number of para-hydroxylation sites is 1. The maximum Gasteiger partial charge on any atom is 0.224 e. The fourth-order valence-corrected chi connectivity index (χ4v) is 2.99. The van der Waals surface area contributed by atoms with E-state index >= 15 is 0 Å². The Morgan fingerprint density at radius 3 is 2.65 bits per heavy atom. The molecule has 0 bridgehead atoms. The minimum absolute atomic E-state index is 0.0202. The minimum Gasteiger partial charge on any atom is -0.399 e. The molecule has 1 amide bonds. The summed E-state index contributed by atoms with van der Waals surface area (Å²) >= 11 is 0. The lowest BCUT2D eigenvalue weighted by molar-refractivity contribution is -0.116. The second-order valence-electron chi connectivity index (χ2n) is 5.99. The summed E-state index contributed by atoms with van der Waals surface area (Å²) in [5.41, 5.74) is 9.73. The SMILES string of the molecule is Nc1ccccc1CCC(=O)Nc1cccc(N2CCCC2)c1. The van der Waals surface area contributed by atoms with Gasteiger partial charge in [0.05, 0.1) is 0 Å². The lowest BCUT2D eigenvalue weighted by atomic mass is 10.1. The highest BCUT2D eigenvalue weighted by atomic mass is 16.1. The molecule has 2 aromatic carbocycles. The normalized spacial score (nSPS) is 14.0. The highest BCUT2D eigenvalue weighted by Crippen LogP contribution is 2.23. The molecule has 1 heterocycles. The molecule has 1 fully saturated rings. The zero-order valence-corrected chi connectivity index (χ0v) is 13.3. The van der Waals surface area contributed by atoms with Crippen molar-refractivity contribution < 1.29 is 4.79 Å². The number of rotatable bonds is 5. The number of nitrogen functional groups attached to an aromatic ring is 1. The van der Waals surface area contributed by atoms with E-state index in [1.165, 1.54) is 18.5 Å². The van der Waals surface area contributed by atoms with Crippen LogP contribution in [0.25, 0.3) is 0 Å². The number of nitrogens with one attached hydrogen (secondary N) is 1. The summed E-state index contributed by atoms with van der Waals surface area (Å²) in [5.74, 6) is 0.0202. The number of hydrogen-bond donors (Lipinski definition) is 2. The average Bonchev–Trinajstić information content (AvgIpc) is 3.09. The molecule has 0 atom stereocenters. The predicted molar refractivity (Wildman–Crippen MR) is 95.7 cm³/mol. The van der Waals surface area contributed by atoms with Gasteiger partial charge in [-0.05, 0) is 49.1 Å². The molecule has 0 radical (unpaired) electrons. The predicted octanol–water partition coefficient (Wildman–Crippen LogP) is 3.44. The maximum atomic E-state index is 12.2. The van der Waals surface area contributed by atoms with Crippen molar-refractivity contribution in [2.75, 3.05) is 29.0 Å². The van der Waals surface area contributed by atoms with Crippen molar-refractivity contribution in [3.05, 3.63) is 54.1 Å². The van der Waals surface area contributed by atoms with Gasteiger partial charge >= 0.3 is 0 Å². The Kier molecular flexibility index (Phi) is 4.81. The molecule has 120 valence electrons. The molecule has 1 saturated heterocycles. The highest BCUT2D eigenvalue weighted by molar-refractivity contribution is 5.91. The molecule has 3 N–H and O–H groups in total. The van der Waals surface area contributed by atoms with Crippen molar-refractivity contribution in [2.45, 2.75) is 25.7 Å². The summed E-state index contributed by atoms with van der Waals surface area (Å²) in [6.45, 7) is 2.20. The quantitative estimate of drug-likeness (QED) is 0.832. The zero-order chi connectivity index (χ0) is 16.1. The first kappa shape index (κ1) is 15.4. The second-order valence-corrected chi connectivity index (χ2v) is 5.99. The standard InChI is InChI=1S/C19H23N3O/c20-18-9-2-1-6-15(18)10-11-19(23)21-16-7-5-8-17(14-16)22-12-3-4-13-22/h1-2,5-9,14H,3-4,10-13,20H2,(H,21,23). The van der Waals surface area contributed by atoms with Crippen LogP contribution in [0.5, 0.6) is 0 Å². The lowest BCUT2D eigenvalue weighted by Gasteiger charge is -2.18. The first-order valence-corrected chi connectivity index (χ1v) is 8.20. The molecule has 3 rings (SSSR count). The van der Waals surface area contributed by atoms with Gasteiger partial charge in [-0.3, -0.25) is 4.79 Å². The van der Waals surface area contributed by atoms with E-state index in [4.69, 9.17) is 5.73 Å². The fraction of sp³-hybridized carbons (Fsp3) is 0.316. The Labute approximate surface area is 137 Å². The van der Waals surface area contributed by atoms with Crippen molar-refractivity contribution in [2.24, 2.45) is 0 Å². The number of carbonyl (C=O) groups is 1. The van der Waals surface area contributed by atoms with Crippen LogP contribution < -0.4 is 16.0 Å². The number of amides is 1. The number of benzene rings is 2. The van der Waals surface area contributed by atoms with Gasteiger partial charge in [-0.25, -0.2) is 0 Å². The Hall–Kier alpha value is -2.49. The molecule has 23 heavy (non-hydrogen) atoms. The van der Waals surface area contributed by atoms with Crippen molar-refractivity contribution in [3.8, 4) is 0 Å². The largest absolute Gasteiger partial charge is 0.399 e. The van der Waals surface area contributed by atoms with Crippen LogP contribution in [-0.4, -0.2) is 19.0 Å². The third-order valence-electron chi connectivity index (χ3n) is 4.28. The summed E-state index contributed by atoms with van der Waals surface area (Å²) in [7, 11) is 0. The van der Waals surface area contributed by atoms with Gasteiger partial charge in [-0.1, -0.05) is 24.3 Å². The Bertz CT molecular complexity index is 678. The molecule has 0 spiro atoms. The van der Waals surface area contributed by atoms with E-state index in [0.29, 0.717) is 12.8 Å². The number of aryl methyl sites for hydroxylation is 1. The van der Waals surface area contributed by atoms with Gasteiger partial charge in [-0.2, -0.15) is 0 Å². The van der Waals surface area contributed by atoms with E-state index < -0.39 is 0 Å². The highest BCUT2D eigenvalue weighted by Gasteiger charge is 2.13. The van der Waals surface area contributed by atoms with Crippen LogP contribution >= 0.6 is 0 Å². The van der Waals surface area contributed by atoms with Crippen LogP contribution in [0.2, 0.25) is 0 Å². The van der Waals surface area contributed by atoms with E-state index in [9.17, 15) is 4.79 Å². The molecule has 1 aliphatic rings. The number of anilines is 3. The second kappa shape index (κ2) is 7.18. The summed E-state index contributed by atoms with van der Waals surface area (Å²) < 4.78 is 0. The average molecular weight is 309 g/mol. The van der Waals surface area contributed by atoms with Crippen LogP contribution in [0.4, 0.5) is 17.1 Å². The van der Waals surface area contributed by atoms with Crippen molar-refractivity contribution >= 4 is 23.0 Å². The van der Waals surface area contributed by atoms with Crippen LogP contribution in [0.3, 0.4) is 0 Å². The van der Waals surface area contributed by atoms with Crippen molar-refractivity contribution in [3.63, 3.8) is 0 Å². The maximum absolute atomic E-state index is 12.2. The van der Waals surface area contributed by atoms with Crippen LogP contribution in [0, 0.1) is 0 Å². The van der Waals surface area contributed by atoms with E-state index in [1.54, 1.807) is 0 Å². The monoisotopic (exact) mass is 309 g/mol. The summed E-state index contributed by atoms with van der Waals surface area (Å²) in [4.78, 5) is 14.5. The van der Waals surface area contributed by atoms with Gasteiger partial charge in [0.1, 0.15) is 0 Å². The zero-order valence-electron chi connectivity index (χ0n) is 13.3. The topological polar surface area (TPSA) is 58.4 Å². The fourth-order valence-electron chi connectivity index (χ4n) is 2.99. The van der Waals surface area contributed by atoms with Gasteiger partial charge < -0.3 is 16.0 Å². The molecule has 0 aromatic heterocycles. The summed E-state index contributed by atoms with van der Waals surface area (Å²) in [6.07, 6.45) is 3.58. The molecule has 4 heteroatoms. The van der Waals surface area contributed by atoms with E-state index in [0.717, 1.165) is 30.0 Å². The van der Waals surface area contributed by atoms with Gasteiger partial charge in [0.15, 0.2) is 0 Å². The Morgan fingerprint density at radius 1 is 1.09 bits per heavy atom. The first-order valence-electron chi connectivity index (χ1n) is 8.20. The smallest absolute Gasteiger partial charge is 0.224 e. The van der Waals surface area contributed by atoms with Crippen molar-refractivity contribution in [1.82, 2.24) is 0 Å². The molecular formula is C19H23N3O. The summed E-state index contributed by atoms with van der Waals surface area (Å²) in [6, 6.07) is 15.8. The first-order chi connectivity index (χ1) is 11.2. The van der Waals surface area contributed by atoms with E-state index in [2.05, 4.69) is 22.3 Å². The molecule has 1 aliphatic heterocycles. The van der Waals surface area contributed by atoms with Gasteiger partial charge in [0.2, 0.25) is 5.91 Å². The minimum atomic E-state index is 0.0202. The van der Waals surface area contributed by atoms with Gasteiger partial charge in [0.25, 0.3) is 0 Å². The van der Waals surface area contributed by atoms with Crippen molar-refractivity contribution in [1.29, 1.82) is 0 Å². The van der Waals surface area contributed by atoms with Crippen LogP contribution in [-0.2, 0) is 11.2 Å². The number of nitrogens with two attached hydrogens (primary N) is 1. The third-order valence-corrected chi connectivity index (χ3v) is 4.28. The summed E-state index contributed by atoms with van der Waals surface area (Å²) in [5, 5.41) is 2.99. The van der Waals surface area contributed by atoms with Crippen LogP contribution in [0.15, 0.2) is 48.5 Å². The van der Waals surface area contributed by atoms with Crippen LogP contribution in [0.1, 0.15) is 24.8 Å². The number of hydrogen-bond acceptors (Lipinski definition) is 3. The molecular weight excluding hydrogens is 286 g/mol. The molecule has 2 aromatic rings. The van der Waals surface area contributed by atoms with E-state index in [-0.39, 0.29) is 5.91 Å². The molecule has 4 nitrogen and oxygen atoms in total. The number of nitrogens with zero attached hydrogens (tertiary/aromatic N) is 1. The van der Waals surface area contributed by atoms with Gasteiger partial charge in [0, 0.05) is 36.6 Å². The molecule has 0 aliphatic carbocycles. The number of carbonyl (C=O) groups excluding carboxylic acids is 1. The Balaban J connectivity index is 1.57. The Morgan fingerprint density at radius 2 is 1.87 bits per heavy atom. The van der Waals surface area contributed by atoms with Gasteiger partial charge in [-0.15, -0.1) is 0 Å². The molecule has 0 unspecified atom stereocenters. The third kappa shape index (κ3) is 4.03. The lowest BCUT2D eigenvalue weighted by Crippen LogP contribution is -2.18.